The second-order valence-electron chi connectivity index (χ2n) is 10.3. The summed E-state index contributed by atoms with van der Waals surface area (Å²) >= 11 is 0. The lowest BCUT2D eigenvalue weighted by Crippen LogP contribution is -2.19. The molecular weight excluding hydrogens is 434 g/mol. The summed E-state index contributed by atoms with van der Waals surface area (Å²) in [5, 5.41) is 8.75. The van der Waals surface area contributed by atoms with Crippen LogP contribution in [0.4, 0.5) is 0 Å². The molecule has 1 aliphatic rings. The van der Waals surface area contributed by atoms with Crippen molar-refractivity contribution in [3.8, 4) is 6.07 Å². The SMILES string of the molecule is CC1=C(/C=C/C(C)=C/C=C/C(C)=C/C=C/C=C(C)/C=C/C=C(C)/C=C/C=C(\C)C#N)C(C)(C)CCC1. The molecule has 0 aromatic heterocycles. The predicted molar refractivity (Wildman–Crippen MR) is 160 cm³/mol. The Kier molecular flexibility index (Phi) is 13.9. The van der Waals surface area contributed by atoms with Gasteiger partial charge in [0.1, 0.15) is 0 Å². The molecule has 0 radical (unpaired) electrons. The molecule has 0 atom stereocenters. The Hall–Kier alpha value is -3.37. The summed E-state index contributed by atoms with van der Waals surface area (Å²) in [6, 6.07) is 2.11. The van der Waals surface area contributed by atoms with Crippen LogP contribution in [0.3, 0.4) is 0 Å². The van der Waals surface area contributed by atoms with Crippen molar-refractivity contribution >= 4 is 0 Å². The van der Waals surface area contributed by atoms with Crippen LogP contribution < -0.4 is 0 Å². The van der Waals surface area contributed by atoms with Crippen LogP contribution in [-0.4, -0.2) is 0 Å². The molecule has 0 amide bonds. The molecule has 0 fully saturated rings. The topological polar surface area (TPSA) is 23.8 Å². The van der Waals surface area contributed by atoms with Crippen LogP contribution in [0.2, 0.25) is 0 Å². The molecule has 190 valence electrons. The highest BCUT2D eigenvalue weighted by atomic mass is 14.3. The Labute approximate surface area is 221 Å². The first-order chi connectivity index (χ1) is 17.0. The average molecular weight is 480 g/mol. The third-order valence-corrected chi connectivity index (χ3v) is 6.20. The summed E-state index contributed by atoms with van der Waals surface area (Å²) < 4.78 is 0. The second-order valence-corrected chi connectivity index (χ2v) is 10.3. The lowest BCUT2D eigenvalue weighted by molar-refractivity contribution is 0.377. The van der Waals surface area contributed by atoms with E-state index in [1.54, 1.807) is 6.92 Å². The fourth-order valence-electron chi connectivity index (χ4n) is 3.95. The van der Waals surface area contributed by atoms with Crippen molar-refractivity contribution in [3.63, 3.8) is 0 Å². The maximum Gasteiger partial charge on any atom is 0.0944 e. The predicted octanol–water partition coefficient (Wildman–Crippen LogP) is 10.5. The van der Waals surface area contributed by atoms with E-state index >= 15 is 0 Å². The number of nitriles is 1. The summed E-state index contributed by atoms with van der Waals surface area (Å²) in [5.41, 5.74) is 8.81. The van der Waals surface area contributed by atoms with Crippen LogP contribution in [-0.2, 0) is 0 Å². The van der Waals surface area contributed by atoms with Gasteiger partial charge in [-0.25, -0.2) is 0 Å². The van der Waals surface area contributed by atoms with Gasteiger partial charge in [0.2, 0.25) is 0 Å². The zero-order chi connectivity index (χ0) is 27.0. The zero-order valence-corrected chi connectivity index (χ0v) is 23.7. The third-order valence-electron chi connectivity index (χ3n) is 6.20. The second kappa shape index (κ2) is 16.3. The van der Waals surface area contributed by atoms with Crippen molar-refractivity contribution in [2.24, 2.45) is 5.41 Å². The maximum atomic E-state index is 8.75. The van der Waals surface area contributed by atoms with E-state index in [1.807, 2.05) is 31.2 Å². The van der Waals surface area contributed by atoms with Crippen molar-refractivity contribution in [2.75, 3.05) is 0 Å². The fourth-order valence-corrected chi connectivity index (χ4v) is 3.95. The minimum absolute atomic E-state index is 0.284. The average Bonchev–Trinajstić information content (AvgIpc) is 2.81. The van der Waals surface area contributed by atoms with Crippen LogP contribution in [0.15, 0.2) is 130 Å². The van der Waals surface area contributed by atoms with E-state index in [0.717, 1.165) is 5.57 Å². The molecule has 1 heteroatoms. The van der Waals surface area contributed by atoms with Gasteiger partial charge in [-0.2, -0.15) is 5.26 Å². The van der Waals surface area contributed by atoms with Crippen molar-refractivity contribution in [1.29, 1.82) is 5.26 Å². The van der Waals surface area contributed by atoms with E-state index in [4.69, 9.17) is 5.26 Å². The number of hydrogen-bond donors (Lipinski definition) is 0. The standard InChI is InChI=1S/C35H45N/c1-28(17-11-19-30(3)20-13-22-32(5)27-36)15-9-10-16-29(2)18-12-21-31(4)24-25-34-33(6)23-14-26-35(34,7)8/h9-13,15-22,24-25H,14,23,26H2,1-8H3/b10-9+,17-11+,18-12+,20-13+,25-24+,28-15+,29-16+,30-19+,31-21+,32-22+. The summed E-state index contributed by atoms with van der Waals surface area (Å²) in [7, 11) is 0. The molecule has 0 unspecified atom stereocenters. The van der Waals surface area contributed by atoms with Gasteiger partial charge in [0.15, 0.2) is 0 Å². The van der Waals surface area contributed by atoms with Crippen LogP contribution in [0.1, 0.15) is 74.7 Å². The van der Waals surface area contributed by atoms with Gasteiger partial charge < -0.3 is 0 Å². The van der Waals surface area contributed by atoms with Gasteiger partial charge in [0.25, 0.3) is 0 Å². The van der Waals surface area contributed by atoms with Crippen LogP contribution in [0.25, 0.3) is 0 Å². The number of rotatable bonds is 10. The highest BCUT2D eigenvalue weighted by Gasteiger charge is 2.26. The van der Waals surface area contributed by atoms with E-state index in [2.05, 4.69) is 114 Å². The van der Waals surface area contributed by atoms with Crippen LogP contribution in [0, 0.1) is 16.7 Å². The zero-order valence-electron chi connectivity index (χ0n) is 23.7. The minimum Gasteiger partial charge on any atom is -0.193 e. The first-order valence-electron chi connectivity index (χ1n) is 12.9. The highest BCUT2D eigenvalue weighted by molar-refractivity contribution is 5.37. The van der Waals surface area contributed by atoms with Gasteiger partial charge in [0.05, 0.1) is 6.07 Å². The summed E-state index contributed by atoms with van der Waals surface area (Å²) in [6.07, 6.45) is 35.0. The van der Waals surface area contributed by atoms with Crippen molar-refractivity contribution < 1.29 is 0 Å². The molecule has 0 aliphatic heterocycles. The molecule has 1 nitrogen and oxygen atoms in total. The molecule has 0 heterocycles. The minimum atomic E-state index is 0.284. The lowest BCUT2D eigenvalue weighted by Gasteiger charge is -2.32. The van der Waals surface area contributed by atoms with E-state index in [0.29, 0.717) is 5.57 Å². The molecule has 0 aromatic rings. The Morgan fingerprint density at radius 1 is 0.694 bits per heavy atom. The van der Waals surface area contributed by atoms with Crippen LogP contribution >= 0.6 is 0 Å². The van der Waals surface area contributed by atoms with Gasteiger partial charge in [-0.05, 0) is 77.9 Å². The Balaban J connectivity index is 2.63. The molecular formula is C35H45N. The molecule has 36 heavy (non-hydrogen) atoms. The molecule has 0 spiro atoms. The van der Waals surface area contributed by atoms with Gasteiger partial charge in [-0.3, -0.25) is 0 Å². The van der Waals surface area contributed by atoms with Gasteiger partial charge >= 0.3 is 0 Å². The molecule has 1 aliphatic carbocycles. The monoisotopic (exact) mass is 479 g/mol. The smallest absolute Gasteiger partial charge is 0.0944 e. The highest BCUT2D eigenvalue weighted by Crippen LogP contribution is 2.40. The van der Waals surface area contributed by atoms with E-state index < -0.39 is 0 Å². The summed E-state index contributed by atoms with van der Waals surface area (Å²) in [5.74, 6) is 0. The summed E-state index contributed by atoms with van der Waals surface area (Å²) in [6.45, 7) is 17.2. The van der Waals surface area contributed by atoms with Gasteiger partial charge in [0, 0.05) is 5.57 Å². The van der Waals surface area contributed by atoms with Gasteiger partial charge in [-0.1, -0.05) is 127 Å². The van der Waals surface area contributed by atoms with Crippen molar-refractivity contribution in [2.45, 2.75) is 74.7 Å². The Morgan fingerprint density at radius 2 is 1.14 bits per heavy atom. The number of hydrogen-bond acceptors (Lipinski definition) is 1. The molecule has 0 saturated carbocycles. The number of nitrogens with zero attached hydrogens (tertiary/aromatic N) is 1. The fraction of sp³-hybridized carbons (Fsp3) is 0.343. The number of allylic oxidation sites excluding steroid dienone is 22. The first kappa shape index (κ1) is 30.7. The van der Waals surface area contributed by atoms with E-state index in [1.165, 1.54) is 47.1 Å². The molecule has 0 N–H and O–H groups in total. The normalized spacial score (nSPS) is 19.1. The Morgan fingerprint density at radius 3 is 1.61 bits per heavy atom. The van der Waals surface area contributed by atoms with Crippen LogP contribution in [0.5, 0.6) is 0 Å². The maximum absolute atomic E-state index is 8.75. The van der Waals surface area contributed by atoms with E-state index in [-0.39, 0.29) is 5.41 Å². The van der Waals surface area contributed by atoms with Crippen molar-refractivity contribution in [1.82, 2.24) is 0 Å². The first-order valence-corrected chi connectivity index (χ1v) is 12.9. The largest absolute Gasteiger partial charge is 0.193 e. The lowest BCUT2D eigenvalue weighted by atomic mass is 9.72. The molecule has 0 aromatic carbocycles. The van der Waals surface area contributed by atoms with E-state index in [9.17, 15) is 0 Å². The van der Waals surface area contributed by atoms with Gasteiger partial charge in [-0.15, -0.1) is 0 Å². The Bertz CT molecular complexity index is 1120. The van der Waals surface area contributed by atoms with Crippen molar-refractivity contribution in [3.05, 3.63) is 130 Å². The summed E-state index contributed by atoms with van der Waals surface area (Å²) in [4.78, 5) is 0. The molecule has 1 rings (SSSR count). The molecule has 0 saturated heterocycles. The third kappa shape index (κ3) is 12.9. The quantitative estimate of drug-likeness (QED) is 0.226. The molecule has 0 bridgehead atoms.